The summed E-state index contributed by atoms with van der Waals surface area (Å²) in [6, 6.07) is -0.795. The van der Waals surface area contributed by atoms with Crippen LogP contribution in [0.4, 0.5) is 0 Å². The van der Waals surface area contributed by atoms with Gasteiger partial charge in [-0.05, 0) is 19.3 Å². The molecule has 0 aromatic heterocycles. The molecule has 1 aliphatic rings. The van der Waals surface area contributed by atoms with Crippen LogP contribution < -0.4 is 5.32 Å². The summed E-state index contributed by atoms with van der Waals surface area (Å²) in [4.78, 5) is 12.8. The number of aliphatic hydroxyl groups is 5. The highest BCUT2D eigenvalue weighted by Crippen LogP contribution is 2.22. The Kier molecular flexibility index (Phi) is 27.0. The zero-order valence-corrected chi connectivity index (χ0v) is 29.3. The van der Waals surface area contributed by atoms with E-state index in [1.807, 2.05) is 6.08 Å². The highest BCUT2D eigenvalue weighted by Gasteiger charge is 2.44. The molecule has 272 valence electrons. The van der Waals surface area contributed by atoms with Gasteiger partial charge in [-0.2, -0.15) is 0 Å². The van der Waals surface area contributed by atoms with Crippen LogP contribution in [0.1, 0.15) is 162 Å². The smallest absolute Gasteiger partial charge is 0.220 e. The Bertz CT molecular complexity index is 736. The van der Waals surface area contributed by atoms with Crippen LogP contribution in [0, 0.1) is 0 Å². The second-order valence-corrected chi connectivity index (χ2v) is 13.4. The first kappa shape index (κ1) is 43.0. The molecule has 0 aliphatic carbocycles. The second kappa shape index (κ2) is 28.9. The third-order valence-electron chi connectivity index (χ3n) is 9.11. The van der Waals surface area contributed by atoms with Crippen LogP contribution >= 0.6 is 0 Å². The average molecular weight is 658 g/mol. The molecule has 9 nitrogen and oxygen atoms in total. The number of unbranched alkanes of at least 4 members (excludes halogenated alkanes) is 20. The number of hydrogen-bond acceptors (Lipinski definition) is 8. The van der Waals surface area contributed by atoms with Gasteiger partial charge in [-0.1, -0.05) is 148 Å². The lowest BCUT2D eigenvalue weighted by molar-refractivity contribution is -0.302. The molecular formula is C37H71NO8. The van der Waals surface area contributed by atoms with E-state index in [-0.39, 0.29) is 12.5 Å². The molecule has 0 aromatic rings. The van der Waals surface area contributed by atoms with E-state index >= 15 is 0 Å². The number of amides is 1. The van der Waals surface area contributed by atoms with Crippen LogP contribution in [0.3, 0.4) is 0 Å². The standard InChI is InChI=1S/C37H71NO8/c1-3-5-7-9-11-13-14-15-16-17-18-19-20-22-24-26-31(40)30(38-33(41)27-25-23-21-12-10-8-6-4-2)29-45-37-36(44)35(43)34(42)32(28-39)46-37/h24,26,30-32,34-37,39-40,42-44H,3-23,25,27-29H2,1-2H3,(H,38,41)/b26-24+. The summed E-state index contributed by atoms with van der Waals surface area (Å²) in [7, 11) is 0. The first-order valence-electron chi connectivity index (χ1n) is 18.9. The molecule has 0 spiro atoms. The van der Waals surface area contributed by atoms with E-state index in [1.54, 1.807) is 6.08 Å². The van der Waals surface area contributed by atoms with Gasteiger partial charge in [0.15, 0.2) is 6.29 Å². The lowest BCUT2D eigenvalue weighted by atomic mass is 9.99. The Balaban J connectivity index is 2.45. The molecule has 0 radical (unpaired) electrons. The van der Waals surface area contributed by atoms with E-state index in [4.69, 9.17) is 9.47 Å². The second-order valence-electron chi connectivity index (χ2n) is 13.4. The molecule has 1 heterocycles. The Labute approximate surface area is 280 Å². The number of allylic oxidation sites excluding steroid dienone is 1. The van der Waals surface area contributed by atoms with Crippen molar-refractivity contribution in [1.82, 2.24) is 5.32 Å². The number of hydrogen-bond donors (Lipinski definition) is 6. The average Bonchev–Trinajstić information content (AvgIpc) is 3.05. The predicted octanol–water partition coefficient (Wildman–Crippen LogP) is 6.22. The minimum absolute atomic E-state index is 0.183. The molecule has 0 saturated carbocycles. The van der Waals surface area contributed by atoms with Crippen molar-refractivity contribution in [2.45, 2.75) is 204 Å². The third kappa shape index (κ3) is 20.3. The SMILES string of the molecule is CCCCCCCCCCCCCCC/C=C/C(O)C(COC1OC(CO)C(O)C(O)C1O)NC(=O)CCCCCCCCCC. The van der Waals surface area contributed by atoms with Crippen molar-refractivity contribution in [2.24, 2.45) is 0 Å². The van der Waals surface area contributed by atoms with Gasteiger partial charge < -0.3 is 40.3 Å². The van der Waals surface area contributed by atoms with E-state index in [1.165, 1.54) is 103 Å². The number of nitrogens with one attached hydrogen (secondary N) is 1. The van der Waals surface area contributed by atoms with E-state index in [0.29, 0.717) is 6.42 Å². The molecule has 1 saturated heterocycles. The molecule has 0 aromatic carbocycles. The minimum atomic E-state index is -1.56. The highest BCUT2D eigenvalue weighted by atomic mass is 16.7. The first-order chi connectivity index (χ1) is 22.3. The minimum Gasteiger partial charge on any atom is -0.394 e. The van der Waals surface area contributed by atoms with Gasteiger partial charge in [0.25, 0.3) is 0 Å². The molecule has 1 rings (SSSR count). The lowest BCUT2D eigenvalue weighted by Crippen LogP contribution is -2.60. The molecule has 6 N–H and O–H groups in total. The molecule has 7 atom stereocenters. The maximum Gasteiger partial charge on any atom is 0.220 e. The molecule has 46 heavy (non-hydrogen) atoms. The Morgan fingerprint density at radius 3 is 1.70 bits per heavy atom. The van der Waals surface area contributed by atoms with Gasteiger partial charge in [-0.15, -0.1) is 0 Å². The van der Waals surface area contributed by atoms with Gasteiger partial charge in [0.1, 0.15) is 24.4 Å². The quantitative estimate of drug-likeness (QED) is 0.0394. The topological polar surface area (TPSA) is 149 Å². The van der Waals surface area contributed by atoms with Crippen LogP contribution in [0.2, 0.25) is 0 Å². The zero-order chi connectivity index (χ0) is 33.8. The van der Waals surface area contributed by atoms with E-state index < -0.39 is 49.5 Å². The van der Waals surface area contributed by atoms with Gasteiger partial charge in [-0.25, -0.2) is 0 Å². The van der Waals surface area contributed by atoms with Crippen LogP contribution in [-0.2, 0) is 14.3 Å². The Morgan fingerprint density at radius 2 is 1.20 bits per heavy atom. The lowest BCUT2D eigenvalue weighted by Gasteiger charge is -2.40. The molecular weight excluding hydrogens is 586 g/mol. The fraction of sp³-hybridized carbons (Fsp3) is 0.919. The van der Waals surface area contributed by atoms with Gasteiger partial charge in [0.05, 0.1) is 25.4 Å². The fourth-order valence-corrected chi connectivity index (χ4v) is 5.98. The number of ether oxygens (including phenoxy) is 2. The number of aliphatic hydroxyl groups excluding tert-OH is 5. The van der Waals surface area contributed by atoms with E-state index in [2.05, 4.69) is 19.2 Å². The van der Waals surface area contributed by atoms with Crippen LogP contribution in [-0.4, -0.2) is 87.5 Å². The fourth-order valence-electron chi connectivity index (χ4n) is 5.98. The van der Waals surface area contributed by atoms with Crippen molar-refractivity contribution in [3.8, 4) is 0 Å². The van der Waals surface area contributed by atoms with Gasteiger partial charge in [0, 0.05) is 6.42 Å². The summed E-state index contributed by atoms with van der Waals surface area (Å²) >= 11 is 0. The van der Waals surface area contributed by atoms with E-state index in [0.717, 1.165) is 38.5 Å². The summed E-state index contributed by atoms with van der Waals surface area (Å²) in [6.45, 7) is 3.71. The number of carbonyl (C=O) groups excluding carboxylic acids is 1. The van der Waals surface area contributed by atoms with Crippen LogP contribution in [0.5, 0.6) is 0 Å². The van der Waals surface area contributed by atoms with Crippen molar-refractivity contribution >= 4 is 5.91 Å². The van der Waals surface area contributed by atoms with Gasteiger partial charge in [0.2, 0.25) is 5.91 Å². The van der Waals surface area contributed by atoms with Crippen molar-refractivity contribution in [3.05, 3.63) is 12.2 Å². The monoisotopic (exact) mass is 658 g/mol. The maximum absolute atomic E-state index is 12.8. The largest absolute Gasteiger partial charge is 0.394 e. The number of rotatable bonds is 30. The molecule has 1 amide bonds. The zero-order valence-electron chi connectivity index (χ0n) is 29.3. The Hall–Kier alpha value is -1.07. The highest BCUT2D eigenvalue weighted by molar-refractivity contribution is 5.76. The van der Waals surface area contributed by atoms with Crippen molar-refractivity contribution in [3.63, 3.8) is 0 Å². The summed E-state index contributed by atoms with van der Waals surface area (Å²) in [5.41, 5.74) is 0. The summed E-state index contributed by atoms with van der Waals surface area (Å²) in [5.74, 6) is -0.183. The summed E-state index contributed by atoms with van der Waals surface area (Å²) < 4.78 is 11.1. The summed E-state index contributed by atoms with van der Waals surface area (Å²) in [5, 5.41) is 53.8. The van der Waals surface area contributed by atoms with Gasteiger partial charge in [-0.3, -0.25) is 4.79 Å². The van der Waals surface area contributed by atoms with Crippen LogP contribution in [0.15, 0.2) is 12.2 Å². The Morgan fingerprint density at radius 1 is 0.717 bits per heavy atom. The van der Waals surface area contributed by atoms with E-state index in [9.17, 15) is 30.3 Å². The van der Waals surface area contributed by atoms with Crippen molar-refractivity contribution < 1.29 is 39.8 Å². The molecule has 0 bridgehead atoms. The van der Waals surface area contributed by atoms with Gasteiger partial charge >= 0.3 is 0 Å². The molecule has 1 fully saturated rings. The normalized spacial score (nSPS) is 23.2. The first-order valence-corrected chi connectivity index (χ1v) is 18.9. The molecule has 1 aliphatic heterocycles. The predicted molar refractivity (Wildman–Crippen MR) is 184 cm³/mol. The third-order valence-corrected chi connectivity index (χ3v) is 9.11. The van der Waals surface area contributed by atoms with Crippen molar-refractivity contribution in [1.29, 1.82) is 0 Å². The number of carbonyl (C=O) groups is 1. The molecule has 9 heteroatoms. The molecule has 7 unspecified atom stereocenters. The maximum atomic E-state index is 12.8. The van der Waals surface area contributed by atoms with Crippen LogP contribution in [0.25, 0.3) is 0 Å². The van der Waals surface area contributed by atoms with Crippen molar-refractivity contribution in [2.75, 3.05) is 13.2 Å². The summed E-state index contributed by atoms with van der Waals surface area (Å²) in [6.07, 6.45) is 22.6.